The molecule has 3 heteroatoms. The van der Waals surface area contributed by atoms with Crippen LogP contribution in [0.4, 0.5) is 0 Å². The number of rotatable bonds is 7. The number of hydrogen-bond acceptors (Lipinski definition) is 3. The van der Waals surface area contributed by atoms with E-state index in [4.69, 9.17) is 4.74 Å². The molecule has 102 valence electrons. The van der Waals surface area contributed by atoms with Crippen LogP contribution in [0.25, 0.3) is 0 Å². The molecule has 0 aromatic heterocycles. The van der Waals surface area contributed by atoms with Crippen LogP contribution in [0.1, 0.15) is 52.9 Å². The molecule has 3 unspecified atom stereocenters. The molecular weight excluding hydrogens is 214 g/mol. The highest BCUT2D eigenvalue weighted by Crippen LogP contribution is 2.26. The minimum atomic E-state index is -0.185. The Labute approximate surface area is 106 Å². The van der Waals surface area contributed by atoms with Gasteiger partial charge in [-0.25, -0.2) is 0 Å². The number of ether oxygens (including phenoxy) is 1. The highest BCUT2D eigenvalue weighted by Gasteiger charge is 2.23. The highest BCUT2D eigenvalue weighted by atomic mass is 16.5. The average Bonchev–Trinajstić information content (AvgIpc) is 2.29. The lowest BCUT2D eigenvalue weighted by molar-refractivity contribution is 0.00103. The van der Waals surface area contributed by atoms with Crippen LogP contribution in [-0.4, -0.2) is 36.5 Å². The van der Waals surface area contributed by atoms with Gasteiger partial charge in [-0.2, -0.15) is 0 Å². The lowest BCUT2D eigenvalue weighted by atomic mass is 9.88. The molecular formula is C14H29NO2. The van der Waals surface area contributed by atoms with Gasteiger partial charge in [-0.3, -0.25) is 0 Å². The fourth-order valence-electron chi connectivity index (χ4n) is 2.63. The van der Waals surface area contributed by atoms with Crippen molar-refractivity contribution in [2.75, 3.05) is 19.8 Å². The van der Waals surface area contributed by atoms with E-state index >= 15 is 0 Å². The maximum Gasteiger partial charge on any atom is 0.0611 e. The van der Waals surface area contributed by atoms with Gasteiger partial charge in [0.2, 0.25) is 0 Å². The molecule has 0 aromatic carbocycles. The molecule has 0 aromatic rings. The fourth-order valence-corrected chi connectivity index (χ4v) is 2.63. The summed E-state index contributed by atoms with van der Waals surface area (Å²) in [7, 11) is 0. The second kappa shape index (κ2) is 7.34. The van der Waals surface area contributed by atoms with E-state index in [-0.39, 0.29) is 12.1 Å². The molecule has 1 rings (SSSR count). The second-order valence-corrected chi connectivity index (χ2v) is 5.76. The summed E-state index contributed by atoms with van der Waals surface area (Å²) in [6.45, 7) is 8.25. The van der Waals surface area contributed by atoms with Crippen LogP contribution in [0.5, 0.6) is 0 Å². The van der Waals surface area contributed by atoms with Gasteiger partial charge in [-0.15, -0.1) is 0 Å². The first-order valence-corrected chi connectivity index (χ1v) is 7.07. The van der Waals surface area contributed by atoms with E-state index in [2.05, 4.69) is 26.1 Å². The van der Waals surface area contributed by atoms with Crippen LogP contribution in [0.15, 0.2) is 0 Å². The van der Waals surface area contributed by atoms with Crippen LogP contribution in [0.2, 0.25) is 0 Å². The first-order chi connectivity index (χ1) is 8.09. The molecule has 0 spiro atoms. The van der Waals surface area contributed by atoms with Gasteiger partial charge in [0.05, 0.1) is 12.7 Å². The van der Waals surface area contributed by atoms with E-state index in [1.54, 1.807) is 0 Å². The molecule has 1 aliphatic rings. The number of likely N-dealkylation sites (N-methyl/N-ethyl adjacent to an activating group) is 1. The monoisotopic (exact) mass is 243 g/mol. The maximum absolute atomic E-state index is 9.38. The van der Waals surface area contributed by atoms with Crippen molar-refractivity contribution in [2.24, 2.45) is 5.92 Å². The van der Waals surface area contributed by atoms with Gasteiger partial charge in [-0.05, 0) is 38.6 Å². The summed E-state index contributed by atoms with van der Waals surface area (Å²) in [6.07, 6.45) is 6.39. The number of nitrogens with one attached hydrogen (secondary N) is 1. The van der Waals surface area contributed by atoms with E-state index < -0.39 is 0 Å². The third-order valence-electron chi connectivity index (χ3n) is 3.85. The van der Waals surface area contributed by atoms with Crippen molar-refractivity contribution in [1.29, 1.82) is 0 Å². The van der Waals surface area contributed by atoms with Gasteiger partial charge in [0.25, 0.3) is 0 Å². The Kier molecular flexibility index (Phi) is 6.45. The van der Waals surface area contributed by atoms with Gasteiger partial charge >= 0.3 is 0 Å². The SMILES string of the molecule is CCNC(C)(CO)CCOC1CCCC(C)C1. The van der Waals surface area contributed by atoms with Crippen molar-refractivity contribution >= 4 is 0 Å². The normalized spacial score (nSPS) is 28.9. The number of aliphatic hydroxyl groups is 1. The van der Waals surface area contributed by atoms with E-state index in [0.717, 1.165) is 25.5 Å². The smallest absolute Gasteiger partial charge is 0.0611 e. The standard InChI is InChI=1S/C14H29NO2/c1-4-15-14(3,11-16)8-9-17-13-7-5-6-12(2)10-13/h12-13,15-16H,4-11H2,1-3H3. The summed E-state index contributed by atoms with van der Waals surface area (Å²) in [5, 5.41) is 12.7. The van der Waals surface area contributed by atoms with Crippen molar-refractivity contribution in [3.8, 4) is 0 Å². The maximum atomic E-state index is 9.38. The lowest BCUT2D eigenvalue weighted by Gasteiger charge is -2.31. The van der Waals surface area contributed by atoms with E-state index in [1.165, 1.54) is 25.7 Å². The summed E-state index contributed by atoms with van der Waals surface area (Å²) in [4.78, 5) is 0. The number of aliphatic hydroxyl groups excluding tert-OH is 1. The Balaban J connectivity index is 2.21. The Morgan fingerprint density at radius 2 is 2.18 bits per heavy atom. The van der Waals surface area contributed by atoms with E-state index in [0.29, 0.717) is 6.10 Å². The van der Waals surface area contributed by atoms with Gasteiger partial charge in [0.15, 0.2) is 0 Å². The Hall–Kier alpha value is -0.120. The van der Waals surface area contributed by atoms with E-state index in [9.17, 15) is 5.11 Å². The average molecular weight is 243 g/mol. The van der Waals surface area contributed by atoms with Crippen molar-refractivity contribution in [3.63, 3.8) is 0 Å². The quantitative estimate of drug-likeness (QED) is 0.721. The molecule has 1 saturated carbocycles. The fraction of sp³-hybridized carbons (Fsp3) is 1.00. The van der Waals surface area contributed by atoms with Crippen molar-refractivity contribution in [3.05, 3.63) is 0 Å². The van der Waals surface area contributed by atoms with Gasteiger partial charge < -0.3 is 15.2 Å². The molecule has 0 bridgehead atoms. The summed E-state index contributed by atoms with van der Waals surface area (Å²) in [6, 6.07) is 0. The van der Waals surface area contributed by atoms with Gasteiger partial charge in [-0.1, -0.05) is 26.7 Å². The predicted molar refractivity (Wildman–Crippen MR) is 71.2 cm³/mol. The van der Waals surface area contributed by atoms with Gasteiger partial charge in [0.1, 0.15) is 0 Å². The Bertz CT molecular complexity index is 210. The molecule has 1 fully saturated rings. The molecule has 0 heterocycles. The molecule has 0 amide bonds. The summed E-state index contributed by atoms with van der Waals surface area (Å²) in [5.74, 6) is 0.812. The third kappa shape index (κ3) is 5.36. The van der Waals surface area contributed by atoms with Crippen molar-refractivity contribution < 1.29 is 9.84 Å². The molecule has 0 radical (unpaired) electrons. The molecule has 3 nitrogen and oxygen atoms in total. The zero-order chi connectivity index (χ0) is 12.7. The summed E-state index contributed by atoms with van der Waals surface area (Å²) in [5.41, 5.74) is -0.185. The molecule has 17 heavy (non-hydrogen) atoms. The highest BCUT2D eigenvalue weighted by molar-refractivity contribution is 4.81. The lowest BCUT2D eigenvalue weighted by Crippen LogP contribution is -2.46. The minimum Gasteiger partial charge on any atom is -0.394 e. The van der Waals surface area contributed by atoms with Gasteiger partial charge in [0, 0.05) is 12.1 Å². The van der Waals surface area contributed by atoms with E-state index in [1.807, 2.05) is 0 Å². The predicted octanol–water partition coefficient (Wildman–Crippen LogP) is 2.33. The Morgan fingerprint density at radius 3 is 2.76 bits per heavy atom. The first-order valence-electron chi connectivity index (χ1n) is 7.07. The zero-order valence-corrected chi connectivity index (χ0v) is 11.7. The summed E-state index contributed by atoms with van der Waals surface area (Å²) >= 11 is 0. The Morgan fingerprint density at radius 1 is 1.41 bits per heavy atom. The van der Waals surface area contributed by atoms with Crippen LogP contribution in [0.3, 0.4) is 0 Å². The number of hydrogen-bond donors (Lipinski definition) is 2. The molecule has 0 saturated heterocycles. The molecule has 2 N–H and O–H groups in total. The van der Waals surface area contributed by atoms with Crippen LogP contribution in [0, 0.1) is 5.92 Å². The van der Waals surface area contributed by atoms with Crippen molar-refractivity contribution in [2.45, 2.75) is 64.5 Å². The summed E-state index contributed by atoms with van der Waals surface area (Å²) < 4.78 is 5.95. The molecule has 1 aliphatic carbocycles. The first kappa shape index (κ1) is 14.9. The zero-order valence-electron chi connectivity index (χ0n) is 11.7. The van der Waals surface area contributed by atoms with Crippen LogP contribution >= 0.6 is 0 Å². The molecule has 0 aliphatic heterocycles. The largest absolute Gasteiger partial charge is 0.394 e. The van der Waals surface area contributed by atoms with Crippen LogP contribution < -0.4 is 5.32 Å². The topological polar surface area (TPSA) is 41.5 Å². The molecule has 3 atom stereocenters. The van der Waals surface area contributed by atoms with Crippen molar-refractivity contribution in [1.82, 2.24) is 5.32 Å². The minimum absolute atomic E-state index is 0.172. The second-order valence-electron chi connectivity index (χ2n) is 5.76. The van der Waals surface area contributed by atoms with Crippen LogP contribution in [-0.2, 0) is 4.74 Å². The third-order valence-corrected chi connectivity index (χ3v) is 3.85.